The first-order valence-corrected chi connectivity index (χ1v) is 11.5. The minimum atomic E-state index is 0.258. The molecule has 5 aromatic rings. The van der Waals surface area contributed by atoms with Gasteiger partial charge in [0, 0.05) is 22.8 Å². The number of hydrogen-bond acceptors (Lipinski definition) is 6. The number of nitrogens with zero attached hydrogens (tertiary/aromatic N) is 3. The molecule has 1 N–H and O–H groups in total. The Kier molecular flexibility index (Phi) is 6.32. The van der Waals surface area contributed by atoms with Crippen molar-refractivity contribution < 1.29 is 5.11 Å². The molecule has 30 heavy (non-hydrogen) atoms. The van der Waals surface area contributed by atoms with E-state index in [4.69, 9.17) is 34.8 Å². The van der Waals surface area contributed by atoms with Gasteiger partial charge in [-0.1, -0.05) is 46.1 Å². The van der Waals surface area contributed by atoms with Crippen molar-refractivity contribution in [1.29, 1.82) is 0 Å². The average Bonchev–Trinajstić information content (AvgIpc) is 3.30. The van der Waals surface area contributed by atoms with Gasteiger partial charge in [0.05, 0.1) is 20.4 Å². The molecule has 0 radical (unpaired) electrons. The standard InChI is InChI=1S/C14H11ClN2OS.C7H3Cl2NS/c1-17(10-3-5-11(18)6-4-10)14-16-12-8-9(15)2-7-13(12)19-14;8-4-1-2-6-5(3-4)10-7(9)11-6/h2-8,18H,1H3;1-3H. The molecule has 9 heteroatoms. The van der Waals surface area contributed by atoms with E-state index < -0.39 is 0 Å². The predicted molar refractivity (Wildman–Crippen MR) is 130 cm³/mol. The fourth-order valence-corrected chi connectivity index (χ4v) is 4.96. The Morgan fingerprint density at radius 3 is 1.97 bits per heavy atom. The van der Waals surface area contributed by atoms with Gasteiger partial charge in [0.1, 0.15) is 5.75 Å². The van der Waals surface area contributed by atoms with E-state index in [-0.39, 0.29) is 5.75 Å². The molecule has 0 bridgehead atoms. The van der Waals surface area contributed by atoms with Crippen LogP contribution in [0.25, 0.3) is 20.4 Å². The van der Waals surface area contributed by atoms with E-state index in [9.17, 15) is 5.11 Å². The lowest BCUT2D eigenvalue weighted by Gasteiger charge is -2.15. The van der Waals surface area contributed by atoms with Crippen molar-refractivity contribution in [2.75, 3.05) is 11.9 Å². The highest BCUT2D eigenvalue weighted by Gasteiger charge is 2.10. The number of anilines is 2. The van der Waals surface area contributed by atoms with Crippen LogP contribution in [0.4, 0.5) is 10.8 Å². The van der Waals surface area contributed by atoms with Crippen molar-refractivity contribution in [2.45, 2.75) is 0 Å². The summed E-state index contributed by atoms with van der Waals surface area (Å²) in [5.74, 6) is 0.258. The molecule has 0 aliphatic carbocycles. The summed E-state index contributed by atoms with van der Waals surface area (Å²) in [7, 11) is 1.95. The van der Waals surface area contributed by atoms with Crippen LogP contribution in [0.15, 0.2) is 60.7 Å². The summed E-state index contributed by atoms with van der Waals surface area (Å²) in [6.45, 7) is 0. The van der Waals surface area contributed by atoms with Crippen LogP contribution >= 0.6 is 57.5 Å². The number of benzene rings is 3. The van der Waals surface area contributed by atoms with E-state index in [2.05, 4.69) is 9.97 Å². The van der Waals surface area contributed by atoms with Crippen molar-refractivity contribution in [3.05, 3.63) is 75.2 Å². The second-order valence-corrected chi connectivity index (χ2v) is 9.76. The minimum absolute atomic E-state index is 0.258. The predicted octanol–water partition coefficient (Wildman–Crippen LogP) is 8.03. The molecule has 0 spiro atoms. The molecule has 0 atom stereocenters. The minimum Gasteiger partial charge on any atom is -0.508 e. The molecule has 0 aliphatic heterocycles. The molecule has 0 aliphatic rings. The van der Waals surface area contributed by atoms with Crippen LogP contribution in [0.3, 0.4) is 0 Å². The van der Waals surface area contributed by atoms with Gasteiger partial charge in [-0.25, -0.2) is 9.97 Å². The number of hydrogen-bond donors (Lipinski definition) is 1. The van der Waals surface area contributed by atoms with E-state index in [1.807, 2.05) is 54.4 Å². The molecule has 2 heterocycles. The lowest BCUT2D eigenvalue weighted by Crippen LogP contribution is -2.08. The Morgan fingerprint density at radius 1 is 0.767 bits per heavy atom. The second kappa shape index (κ2) is 8.96. The van der Waals surface area contributed by atoms with Gasteiger partial charge in [0.25, 0.3) is 0 Å². The maximum Gasteiger partial charge on any atom is 0.190 e. The summed E-state index contributed by atoms with van der Waals surface area (Å²) in [6, 6.07) is 18.3. The Labute approximate surface area is 195 Å². The third kappa shape index (κ3) is 4.79. The average molecular weight is 495 g/mol. The van der Waals surface area contributed by atoms with Gasteiger partial charge in [0.2, 0.25) is 0 Å². The molecule has 0 saturated heterocycles. The first kappa shape index (κ1) is 21.2. The van der Waals surface area contributed by atoms with Crippen molar-refractivity contribution >= 4 is 88.7 Å². The third-order valence-electron chi connectivity index (χ3n) is 4.19. The zero-order valence-corrected chi connectivity index (χ0v) is 19.4. The monoisotopic (exact) mass is 493 g/mol. The number of halogens is 3. The van der Waals surface area contributed by atoms with E-state index in [0.717, 1.165) is 31.3 Å². The van der Waals surface area contributed by atoms with Crippen LogP contribution in [0.1, 0.15) is 0 Å². The first-order valence-electron chi connectivity index (χ1n) is 8.69. The molecule has 2 aromatic heterocycles. The van der Waals surface area contributed by atoms with E-state index in [1.54, 1.807) is 29.5 Å². The summed E-state index contributed by atoms with van der Waals surface area (Å²) in [4.78, 5) is 10.6. The maximum atomic E-state index is 9.31. The van der Waals surface area contributed by atoms with Crippen LogP contribution in [-0.2, 0) is 0 Å². The second-order valence-electron chi connectivity index (χ2n) is 6.26. The van der Waals surface area contributed by atoms with Gasteiger partial charge < -0.3 is 10.0 Å². The highest BCUT2D eigenvalue weighted by molar-refractivity contribution is 7.22. The van der Waals surface area contributed by atoms with Crippen molar-refractivity contribution in [3.63, 3.8) is 0 Å². The lowest BCUT2D eigenvalue weighted by molar-refractivity contribution is 0.475. The van der Waals surface area contributed by atoms with Crippen molar-refractivity contribution in [3.8, 4) is 5.75 Å². The van der Waals surface area contributed by atoms with Crippen molar-refractivity contribution in [1.82, 2.24) is 9.97 Å². The van der Waals surface area contributed by atoms with Gasteiger partial charge in [0.15, 0.2) is 9.60 Å². The fraction of sp³-hybridized carbons (Fsp3) is 0.0476. The summed E-state index contributed by atoms with van der Waals surface area (Å²) in [5.41, 5.74) is 2.74. The molecule has 0 amide bonds. The summed E-state index contributed by atoms with van der Waals surface area (Å²) >= 11 is 20.5. The van der Waals surface area contributed by atoms with Gasteiger partial charge in [-0.2, -0.15) is 0 Å². The topological polar surface area (TPSA) is 49.2 Å². The van der Waals surface area contributed by atoms with Crippen LogP contribution < -0.4 is 4.90 Å². The molecule has 152 valence electrons. The van der Waals surface area contributed by atoms with Crippen LogP contribution in [0, 0.1) is 0 Å². The lowest BCUT2D eigenvalue weighted by atomic mass is 10.3. The highest BCUT2D eigenvalue weighted by atomic mass is 35.5. The highest BCUT2D eigenvalue weighted by Crippen LogP contribution is 2.33. The fourth-order valence-electron chi connectivity index (χ4n) is 2.69. The molecule has 5 rings (SSSR count). The summed E-state index contributed by atoms with van der Waals surface area (Å²) in [5, 5.41) is 11.6. The molecular formula is C21H14Cl3N3OS2. The quantitative estimate of drug-likeness (QED) is 0.270. The number of fused-ring (bicyclic) bond motifs is 2. The van der Waals surface area contributed by atoms with Crippen molar-refractivity contribution in [2.24, 2.45) is 0 Å². The number of thiazole rings is 2. The maximum absolute atomic E-state index is 9.31. The third-order valence-corrected chi connectivity index (χ3v) is 6.91. The van der Waals surface area contributed by atoms with Gasteiger partial charge in [-0.05, 0) is 60.7 Å². The molecule has 0 fully saturated rings. The number of aromatic hydroxyl groups is 1. The smallest absolute Gasteiger partial charge is 0.190 e. The Balaban J connectivity index is 0.000000168. The van der Waals surface area contributed by atoms with Crippen LogP contribution in [0.5, 0.6) is 5.75 Å². The number of phenols is 1. The van der Waals surface area contributed by atoms with E-state index in [0.29, 0.717) is 14.5 Å². The summed E-state index contributed by atoms with van der Waals surface area (Å²) in [6.07, 6.45) is 0. The Morgan fingerprint density at radius 2 is 1.33 bits per heavy atom. The van der Waals surface area contributed by atoms with Gasteiger partial charge in [-0.3, -0.25) is 0 Å². The van der Waals surface area contributed by atoms with Gasteiger partial charge >= 0.3 is 0 Å². The Bertz CT molecular complexity index is 1320. The van der Waals surface area contributed by atoms with E-state index >= 15 is 0 Å². The molecule has 4 nitrogen and oxygen atoms in total. The van der Waals surface area contributed by atoms with E-state index in [1.165, 1.54) is 11.3 Å². The molecule has 0 unspecified atom stereocenters. The molecule has 0 saturated carbocycles. The molecular weight excluding hydrogens is 481 g/mol. The summed E-state index contributed by atoms with van der Waals surface area (Å²) < 4.78 is 2.73. The number of phenolic OH excluding ortho intramolecular Hbond substituents is 1. The number of aromatic nitrogens is 2. The zero-order chi connectivity index (χ0) is 21.3. The van der Waals surface area contributed by atoms with Gasteiger partial charge in [-0.15, -0.1) is 11.3 Å². The Hall–Kier alpha value is -2.09. The molecule has 3 aromatic carbocycles. The van der Waals surface area contributed by atoms with Crippen LogP contribution in [-0.4, -0.2) is 22.1 Å². The number of rotatable bonds is 2. The first-order chi connectivity index (χ1) is 14.4. The van der Waals surface area contributed by atoms with Crippen LogP contribution in [0.2, 0.25) is 14.5 Å². The largest absolute Gasteiger partial charge is 0.508 e. The normalized spacial score (nSPS) is 10.8. The SMILES string of the molecule is CN(c1ccc(O)cc1)c1nc2cc(Cl)ccc2s1.Clc1ccc2sc(Cl)nc2c1. The zero-order valence-electron chi connectivity index (χ0n) is 15.5.